The Morgan fingerprint density at radius 1 is 0.379 bits per heavy atom. The van der Waals surface area contributed by atoms with Gasteiger partial charge in [0, 0.05) is 39.6 Å². The van der Waals surface area contributed by atoms with E-state index in [2.05, 4.69) is 43.6 Å². The number of benzene rings is 3. The van der Waals surface area contributed by atoms with Crippen LogP contribution in [0, 0.1) is 43.6 Å². The van der Waals surface area contributed by atoms with Crippen LogP contribution in [0.5, 0.6) is 0 Å². The Balaban J connectivity index is 0. The molecule has 0 N–H and O–H groups in total. The number of hydrogen-bond acceptors (Lipinski definition) is 0. The monoisotopic (exact) mass is 414 g/mol. The standard InChI is InChI=1S/C22H14.3CO.Cr/c1-3-7-19(8-4-1)11-13-21-15-17-22(18-16-21)14-12-20-9-5-2-6-10-20;3*1-2;/h1-10,15-18H;;;;. The predicted molar refractivity (Wildman–Crippen MR) is 103 cm³/mol. The summed E-state index contributed by atoms with van der Waals surface area (Å²) in [6.45, 7) is 13.5. The van der Waals surface area contributed by atoms with Crippen LogP contribution in [-0.4, -0.2) is 0 Å². The topological polar surface area (TPSA) is 59.7 Å². The van der Waals surface area contributed by atoms with Crippen molar-refractivity contribution in [2.75, 3.05) is 0 Å². The fraction of sp³-hybridized carbons (Fsp3) is 0. The summed E-state index contributed by atoms with van der Waals surface area (Å²) in [5.74, 6) is 12.6. The molecule has 3 rings (SSSR count). The molecule has 0 aromatic heterocycles. The van der Waals surface area contributed by atoms with Crippen molar-refractivity contribution in [1.29, 1.82) is 0 Å². The van der Waals surface area contributed by atoms with Gasteiger partial charge in [-0.1, -0.05) is 60.1 Å². The second-order valence-corrected chi connectivity index (χ2v) is 4.81. The van der Waals surface area contributed by atoms with Gasteiger partial charge in [-0.15, -0.1) is 0 Å². The Bertz CT molecular complexity index is 905. The zero-order valence-electron chi connectivity index (χ0n) is 15.2. The first-order chi connectivity index (χ1) is 13.9. The average molecular weight is 414 g/mol. The zero-order chi connectivity index (χ0) is 21.0. The molecule has 0 fully saturated rings. The minimum Gasteiger partial charge on any atom is 0 e. The molecule has 0 aliphatic rings. The number of rotatable bonds is 0. The van der Waals surface area contributed by atoms with Crippen molar-refractivity contribution in [3.05, 3.63) is 127 Å². The van der Waals surface area contributed by atoms with E-state index in [9.17, 15) is 0 Å². The molecule has 0 atom stereocenters. The van der Waals surface area contributed by atoms with E-state index in [1.54, 1.807) is 0 Å². The summed E-state index contributed by atoms with van der Waals surface area (Å²) in [7, 11) is 0. The van der Waals surface area contributed by atoms with Crippen LogP contribution in [0.4, 0.5) is 0 Å². The van der Waals surface area contributed by atoms with Crippen molar-refractivity contribution in [3.8, 4) is 23.7 Å². The molecule has 3 aromatic carbocycles. The normalized spacial score (nSPS) is 7.10. The molecule has 0 saturated heterocycles. The first kappa shape index (κ1) is 27.7. The molecule has 0 amide bonds. The van der Waals surface area contributed by atoms with Gasteiger partial charge < -0.3 is 0 Å². The van der Waals surface area contributed by atoms with Crippen molar-refractivity contribution in [1.82, 2.24) is 0 Å². The van der Waals surface area contributed by atoms with Crippen molar-refractivity contribution < 1.29 is 31.3 Å². The maximum absolute atomic E-state index is 7.50. The fourth-order valence-electron chi connectivity index (χ4n) is 1.97. The van der Waals surface area contributed by atoms with Gasteiger partial charge in [0.05, 0.1) is 0 Å². The molecular weight excluding hydrogens is 400 g/mol. The van der Waals surface area contributed by atoms with Gasteiger partial charge in [-0.05, 0) is 48.5 Å². The molecule has 0 unspecified atom stereocenters. The van der Waals surface area contributed by atoms with E-state index >= 15 is 0 Å². The van der Waals surface area contributed by atoms with Crippen molar-refractivity contribution in [2.24, 2.45) is 0 Å². The molecule has 0 spiro atoms. The van der Waals surface area contributed by atoms with Gasteiger partial charge in [-0.2, -0.15) is 0 Å². The van der Waals surface area contributed by atoms with Gasteiger partial charge in [-0.25, -0.2) is 0 Å². The summed E-state index contributed by atoms with van der Waals surface area (Å²) in [5.41, 5.74) is 4.04. The van der Waals surface area contributed by atoms with Crippen LogP contribution in [-0.2, 0) is 31.3 Å². The molecule has 0 heterocycles. The molecule has 3 nitrogen and oxygen atoms in total. The van der Waals surface area contributed by atoms with Crippen LogP contribution in [0.3, 0.4) is 0 Å². The molecule has 0 aliphatic heterocycles. The molecule has 0 radical (unpaired) electrons. The van der Waals surface area contributed by atoms with Crippen LogP contribution in [0.15, 0.2) is 84.9 Å². The van der Waals surface area contributed by atoms with E-state index in [4.69, 9.17) is 14.0 Å². The Morgan fingerprint density at radius 2 is 0.586 bits per heavy atom. The number of hydrogen-bond donors (Lipinski definition) is 0. The van der Waals surface area contributed by atoms with Gasteiger partial charge in [0.1, 0.15) is 0 Å². The molecule has 138 valence electrons. The SMILES string of the molecule is C(#Cc1ccc(C#Cc2ccccc2)cc1)c1ccccc1.[C-]#[O+].[C-]#[O+].[C-]#[O+].[Cr]. The van der Waals surface area contributed by atoms with Crippen LogP contribution in [0.1, 0.15) is 22.3 Å². The maximum Gasteiger partial charge on any atom is 0 e. The fourth-order valence-corrected chi connectivity index (χ4v) is 1.97. The minimum atomic E-state index is 0. The van der Waals surface area contributed by atoms with Crippen LogP contribution in [0.2, 0.25) is 0 Å². The third-order valence-corrected chi connectivity index (χ3v) is 3.13. The van der Waals surface area contributed by atoms with Gasteiger partial charge in [0.25, 0.3) is 0 Å². The van der Waals surface area contributed by atoms with Crippen molar-refractivity contribution in [2.45, 2.75) is 0 Å². The molecule has 0 bridgehead atoms. The van der Waals surface area contributed by atoms with E-state index in [1.807, 2.05) is 84.9 Å². The molecule has 0 aliphatic carbocycles. The summed E-state index contributed by atoms with van der Waals surface area (Å²) >= 11 is 0. The zero-order valence-corrected chi connectivity index (χ0v) is 16.5. The average Bonchev–Trinajstić information content (AvgIpc) is 2.82. The largest absolute Gasteiger partial charge is 0 e. The smallest absolute Gasteiger partial charge is 0 e. The van der Waals surface area contributed by atoms with E-state index in [-0.39, 0.29) is 17.4 Å². The first-order valence-electron chi connectivity index (χ1n) is 7.76. The first-order valence-corrected chi connectivity index (χ1v) is 7.76. The van der Waals surface area contributed by atoms with Crippen LogP contribution in [0.25, 0.3) is 0 Å². The van der Waals surface area contributed by atoms with E-state index in [1.165, 1.54) is 0 Å². The van der Waals surface area contributed by atoms with Gasteiger partial charge in [0.15, 0.2) is 0 Å². The summed E-state index contributed by atoms with van der Waals surface area (Å²) < 4.78 is 22.5. The predicted octanol–water partition coefficient (Wildman–Crippen LogP) is 4.37. The van der Waals surface area contributed by atoms with Crippen LogP contribution >= 0.6 is 0 Å². The van der Waals surface area contributed by atoms with E-state index in [0.29, 0.717) is 0 Å². The molecule has 29 heavy (non-hydrogen) atoms. The second kappa shape index (κ2) is 19.3. The Morgan fingerprint density at radius 3 is 0.828 bits per heavy atom. The molecule has 4 heteroatoms. The molecule has 3 aromatic rings. The van der Waals surface area contributed by atoms with Gasteiger partial charge in [-0.3, -0.25) is 0 Å². The third kappa shape index (κ3) is 11.8. The Labute approximate surface area is 182 Å². The van der Waals surface area contributed by atoms with E-state index < -0.39 is 0 Å². The summed E-state index contributed by atoms with van der Waals surface area (Å²) in [6, 6.07) is 28.0. The van der Waals surface area contributed by atoms with Crippen molar-refractivity contribution in [3.63, 3.8) is 0 Å². The summed E-state index contributed by atoms with van der Waals surface area (Å²) in [4.78, 5) is 0. The van der Waals surface area contributed by atoms with Crippen LogP contribution < -0.4 is 0 Å². The molecular formula is C25H14CrO3. The van der Waals surface area contributed by atoms with Crippen molar-refractivity contribution >= 4 is 0 Å². The third-order valence-electron chi connectivity index (χ3n) is 3.13. The quantitative estimate of drug-likeness (QED) is 0.298. The Kier molecular flexibility index (Phi) is 18.5. The van der Waals surface area contributed by atoms with Gasteiger partial charge >= 0.3 is 33.9 Å². The van der Waals surface area contributed by atoms with Gasteiger partial charge in [0.2, 0.25) is 0 Å². The van der Waals surface area contributed by atoms with E-state index in [0.717, 1.165) is 22.3 Å². The maximum atomic E-state index is 7.50. The molecule has 0 saturated carbocycles. The minimum absolute atomic E-state index is 0. The summed E-state index contributed by atoms with van der Waals surface area (Å²) in [5, 5.41) is 0. The summed E-state index contributed by atoms with van der Waals surface area (Å²) in [6.07, 6.45) is 0. The Hall–Kier alpha value is -3.47. The second-order valence-electron chi connectivity index (χ2n) is 4.81.